The van der Waals surface area contributed by atoms with E-state index in [1.54, 1.807) is 0 Å². The molecule has 0 saturated heterocycles. The summed E-state index contributed by atoms with van der Waals surface area (Å²) in [6.45, 7) is 0.225. The highest BCUT2D eigenvalue weighted by molar-refractivity contribution is 7.89. The lowest BCUT2D eigenvalue weighted by Crippen LogP contribution is -2.33. The van der Waals surface area contributed by atoms with Crippen LogP contribution in [0.3, 0.4) is 0 Å². The van der Waals surface area contributed by atoms with E-state index >= 15 is 0 Å². The molecule has 27 heavy (non-hydrogen) atoms. The van der Waals surface area contributed by atoms with E-state index in [1.165, 1.54) is 16.9 Å². The number of benzene rings is 2. The first kappa shape index (κ1) is 20.9. The first-order chi connectivity index (χ1) is 12.6. The number of sulfonamides is 1. The summed E-state index contributed by atoms with van der Waals surface area (Å²) in [5.74, 6) is -0.627. The van der Waals surface area contributed by atoms with Crippen LogP contribution < -0.4 is 10.0 Å². The number of rotatable bonds is 7. The highest BCUT2D eigenvalue weighted by Crippen LogP contribution is 2.22. The SMILES string of the molecule is CCC(C(=O)Nc1ccc(S(=O)(=O)NCC(F)(F)F)cc1)c1ccccc1. The van der Waals surface area contributed by atoms with Gasteiger partial charge < -0.3 is 5.32 Å². The van der Waals surface area contributed by atoms with Gasteiger partial charge in [0.1, 0.15) is 6.54 Å². The van der Waals surface area contributed by atoms with Crippen LogP contribution in [0, 0.1) is 0 Å². The van der Waals surface area contributed by atoms with Crippen LogP contribution in [0.2, 0.25) is 0 Å². The fraction of sp³-hybridized carbons (Fsp3) is 0.278. The maximum atomic E-state index is 12.5. The van der Waals surface area contributed by atoms with E-state index in [2.05, 4.69) is 5.32 Å². The number of nitrogens with one attached hydrogen (secondary N) is 2. The van der Waals surface area contributed by atoms with Crippen LogP contribution >= 0.6 is 0 Å². The van der Waals surface area contributed by atoms with Crippen LogP contribution in [0.25, 0.3) is 0 Å². The number of carbonyl (C=O) groups is 1. The van der Waals surface area contributed by atoms with E-state index in [9.17, 15) is 26.4 Å². The van der Waals surface area contributed by atoms with Gasteiger partial charge in [0.05, 0.1) is 10.8 Å². The smallest absolute Gasteiger partial charge is 0.326 e. The molecule has 5 nitrogen and oxygen atoms in total. The first-order valence-corrected chi connectivity index (χ1v) is 9.63. The topological polar surface area (TPSA) is 75.3 Å². The van der Waals surface area contributed by atoms with E-state index in [0.717, 1.165) is 17.7 Å². The molecule has 0 bridgehead atoms. The number of alkyl halides is 3. The molecule has 2 N–H and O–H groups in total. The van der Waals surface area contributed by atoms with Crippen LogP contribution in [-0.4, -0.2) is 27.0 Å². The predicted octanol–water partition coefficient (Wildman–Crippen LogP) is 3.66. The molecule has 0 spiro atoms. The van der Waals surface area contributed by atoms with E-state index in [1.807, 2.05) is 37.3 Å². The fourth-order valence-electron chi connectivity index (χ4n) is 2.46. The van der Waals surface area contributed by atoms with Crippen LogP contribution in [0.1, 0.15) is 24.8 Å². The maximum absolute atomic E-state index is 12.5. The summed E-state index contributed by atoms with van der Waals surface area (Å²) in [5, 5.41) is 2.69. The fourth-order valence-corrected chi connectivity index (χ4v) is 3.48. The molecule has 0 radical (unpaired) electrons. The minimum absolute atomic E-state index is 0.255. The summed E-state index contributed by atoms with van der Waals surface area (Å²) < 4.78 is 61.7. The Labute approximate surface area is 155 Å². The molecule has 0 aliphatic carbocycles. The molecule has 9 heteroatoms. The van der Waals surface area contributed by atoms with Crippen molar-refractivity contribution in [1.82, 2.24) is 4.72 Å². The maximum Gasteiger partial charge on any atom is 0.402 e. The third kappa shape index (κ3) is 6.07. The van der Waals surface area contributed by atoms with Crippen molar-refractivity contribution < 1.29 is 26.4 Å². The summed E-state index contributed by atoms with van der Waals surface area (Å²) in [4.78, 5) is 12.2. The van der Waals surface area contributed by atoms with Gasteiger partial charge in [0.2, 0.25) is 15.9 Å². The monoisotopic (exact) mass is 400 g/mol. The third-order valence-corrected chi connectivity index (χ3v) is 5.24. The Hall–Kier alpha value is -2.39. The second kappa shape index (κ2) is 8.53. The highest BCUT2D eigenvalue weighted by atomic mass is 32.2. The van der Waals surface area contributed by atoms with Gasteiger partial charge >= 0.3 is 6.18 Å². The number of amides is 1. The van der Waals surface area contributed by atoms with Crippen molar-refractivity contribution in [3.05, 3.63) is 60.2 Å². The quantitative estimate of drug-likeness (QED) is 0.745. The molecule has 1 amide bonds. The molecular weight excluding hydrogens is 381 g/mol. The minimum Gasteiger partial charge on any atom is -0.326 e. The Morgan fingerprint density at radius 3 is 2.15 bits per heavy atom. The van der Waals surface area contributed by atoms with Gasteiger partial charge in [-0.1, -0.05) is 37.3 Å². The number of halogens is 3. The van der Waals surface area contributed by atoms with Gasteiger partial charge in [-0.2, -0.15) is 13.2 Å². The van der Waals surface area contributed by atoms with Gasteiger partial charge in [0.25, 0.3) is 0 Å². The second-order valence-corrected chi connectivity index (χ2v) is 7.59. The lowest BCUT2D eigenvalue weighted by atomic mass is 9.95. The van der Waals surface area contributed by atoms with E-state index in [0.29, 0.717) is 12.1 Å². The molecule has 0 saturated carbocycles. The number of hydrogen-bond acceptors (Lipinski definition) is 3. The zero-order chi connectivity index (χ0) is 20.1. The lowest BCUT2D eigenvalue weighted by molar-refractivity contribution is -0.121. The Bertz CT molecular complexity index is 867. The summed E-state index contributed by atoms with van der Waals surface area (Å²) in [7, 11) is -4.29. The van der Waals surface area contributed by atoms with Gasteiger partial charge in [-0.3, -0.25) is 4.79 Å². The van der Waals surface area contributed by atoms with E-state index in [4.69, 9.17) is 0 Å². The van der Waals surface area contributed by atoms with Crippen LogP contribution in [-0.2, 0) is 14.8 Å². The molecule has 1 atom stereocenters. The number of anilines is 1. The number of carbonyl (C=O) groups excluding carboxylic acids is 1. The van der Waals surface area contributed by atoms with Crippen LogP contribution in [0.4, 0.5) is 18.9 Å². The molecule has 0 heterocycles. The zero-order valence-corrected chi connectivity index (χ0v) is 15.3. The Balaban J connectivity index is 2.08. The van der Waals surface area contributed by atoms with Crippen molar-refractivity contribution in [3.63, 3.8) is 0 Å². The summed E-state index contributed by atoms with van der Waals surface area (Å²) in [6, 6.07) is 14.1. The van der Waals surface area contributed by atoms with Gasteiger partial charge in [-0.15, -0.1) is 0 Å². The average molecular weight is 400 g/mol. The first-order valence-electron chi connectivity index (χ1n) is 8.14. The molecule has 2 aromatic rings. The van der Waals surface area contributed by atoms with Crippen molar-refractivity contribution >= 4 is 21.6 Å². The average Bonchev–Trinajstić information content (AvgIpc) is 2.62. The Kier molecular flexibility index (Phi) is 6.61. The van der Waals surface area contributed by atoms with Crippen molar-refractivity contribution in [2.24, 2.45) is 0 Å². The molecule has 0 aromatic heterocycles. The molecular formula is C18H19F3N2O3S. The van der Waals surface area contributed by atoms with Crippen LogP contribution in [0.5, 0.6) is 0 Å². The van der Waals surface area contributed by atoms with Crippen molar-refractivity contribution in [2.75, 3.05) is 11.9 Å². The molecule has 146 valence electrons. The van der Waals surface area contributed by atoms with Gasteiger partial charge in [-0.05, 0) is 36.2 Å². The minimum atomic E-state index is -4.65. The molecule has 2 rings (SSSR count). The molecule has 0 aliphatic rings. The van der Waals surface area contributed by atoms with Gasteiger partial charge in [0, 0.05) is 5.69 Å². The highest BCUT2D eigenvalue weighted by Gasteiger charge is 2.30. The van der Waals surface area contributed by atoms with E-state index in [-0.39, 0.29) is 16.7 Å². The summed E-state index contributed by atoms with van der Waals surface area (Å²) >= 11 is 0. The second-order valence-electron chi connectivity index (χ2n) is 5.82. The zero-order valence-electron chi connectivity index (χ0n) is 14.5. The summed E-state index contributed by atoms with van der Waals surface area (Å²) in [6.07, 6.45) is -4.07. The third-order valence-electron chi connectivity index (χ3n) is 3.82. The molecule has 1 unspecified atom stereocenters. The van der Waals surface area contributed by atoms with Crippen molar-refractivity contribution in [3.8, 4) is 0 Å². The van der Waals surface area contributed by atoms with Crippen molar-refractivity contribution in [2.45, 2.75) is 30.3 Å². The van der Waals surface area contributed by atoms with Gasteiger partial charge in [0.15, 0.2) is 0 Å². The standard InChI is InChI=1S/C18H19F3N2O3S/c1-2-16(13-6-4-3-5-7-13)17(24)23-14-8-10-15(11-9-14)27(25,26)22-12-18(19,20)21/h3-11,16,22H,2,12H2,1H3,(H,23,24). The van der Waals surface area contributed by atoms with Crippen LogP contribution in [0.15, 0.2) is 59.5 Å². The largest absolute Gasteiger partial charge is 0.402 e. The lowest BCUT2D eigenvalue weighted by Gasteiger charge is -2.16. The van der Waals surface area contributed by atoms with Crippen molar-refractivity contribution in [1.29, 1.82) is 0 Å². The summed E-state index contributed by atoms with van der Waals surface area (Å²) in [5.41, 5.74) is 1.21. The molecule has 0 fully saturated rings. The normalized spacial score (nSPS) is 13.2. The van der Waals surface area contributed by atoms with Gasteiger partial charge in [-0.25, -0.2) is 13.1 Å². The number of hydrogen-bond donors (Lipinski definition) is 2. The molecule has 2 aromatic carbocycles. The predicted molar refractivity (Wildman–Crippen MR) is 95.8 cm³/mol. The molecule has 0 aliphatic heterocycles. The Morgan fingerprint density at radius 2 is 1.63 bits per heavy atom. The Morgan fingerprint density at radius 1 is 1.04 bits per heavy atom. The van der Waals surface area contributed by atoms with E-state index < -0.39 is 22.7 Å².